The van der Waals surface area contributed by atoms with Crippen LogP contribution in [-0.2, 0) is 4.79 Å². The monoisotopic (exact) mass is 199 g/mol. The predicted molar refractivity (Wildman–Crippen MR) is 60.8 cm³/mol. The zero-order valence-electron chi connectivity index (χ0n) is 10.4. The summed E-state index contributed by atoms with van der Waals surface area (Å²) >= 11 is 0. The molecule has 0 fully saturated rings. The minimum Gasteiger partial charge on any atom is -0.397 e. The first kappa shape index (κ1) is 13.5. The van der Waals surface area contributed by atoms with Crippen LogP contribution in [0.1, 0.15) is 41.5 Å². The summed E-state index contributed by atoms with van der Waals surface area (Å²) in [5, 5.41) is 12.7. The molecule has 0 aliphatic carbocycles. The van der Waals surface area contributed by atoms with Crippen LogP contribution in [0.5, 0.6) is 0 Å². The second-order valence-corrected chi connectivity index (χ2v) is 5.89. The van der Waals surface area contributed by atoms with E-state index < -0.39 is 16.5 Å². The molecule has 0 saturated carbocycles. The molecule has 0 aliphatic rings. The van der Waals surface area contributed by atoms with Gasteiger partial charge in [0.2, 0.25) is 5.91 Å². The van der Waals surface area contributed by atoms with Gasteiger partial charge in [0.1, 0.15) is 7.85 Å². The Labute approximate surface area is 87.7 Å². The third-order valence-electron chi connectivity index (χ3n) is 2.64. The van der Waals surface area contributed by atoms with Crippen LogP contribution < -0.4 is 5.32 Å². The summed E-state index contributed by atoms with van der Waals surface area (Å²) in [5.41, 5.74) is -1.99. The number of nitrogens with one attached hydrogen (secondary N) is 1. The van der Waals surface area contributed by atoms with Gasteiger partial charge in [-0.1, -0.05) is 20.8 Å². The molecule has 82 valence electrons. The van der Waals surface area contributed by atoms with Crippen molar-refractivity contribution in [2.75, 3.05) is 0 Å². The Morgan fingerprint density at radius 3 is 1.71 bits per heavy atom. The van der Waals surface area contributed by atoms with Crippen LogP contribution >= 0.6 is 0 Å². The van der Waals surface area contributed by atoms with E-state index in [0.29, 0.717) is 0 Å². The Morgan fingerprint density at radius 2 is 1.50 bits per heavy atom. The minimum atomic E-state index is -0.937. The molecule has 0 spiro atoms. The fourth-order valence-electron chi connectivity index (χ4n) is 0.624. The molecule has 4 heteroatoms. The van der Waals surface area contributed by atoms with E-state index in [1.54, 1.807) is 14.8 Å². The number of amides is 1. The standard InChI is InChI=1S/C10H22BNO2/c1-8(2,3)7(13)12-9(4,5)10(6,11)14/h14H,11H2,1-6H3,(H,12,13). The summed E-state index contributed by atoms with van der Waals surface area (Å²) in [6, 6.07) is 0. The molecule has 1 amide bonds. The van der Waals surface area contributed by atoms with Crippen LogP contribution in [-0.4, -0.2) is 29.9 Å². The lowest BCUT2D eigenvalue weighted by Crippen LogP contribution is -2.61. The number of rotatable bonds is 2. The summed E-state index contributed by atoms with van der Waals surface area (Å²) in [6.07, 6.45) is 0. The fraction of sp³-hybridized carbons (Fsp3) is 0.900. The first-order chi connectivity index (χ1) is 5.88. The van der Waals surface area contributed by atoms with E-state index in [4.69, 9.17) is 0 Å². The number of carbonyl (C=O) groups excluding carboxylic acids is 1. The van der Waals surface area contributed by atoms with Crippen molar-refractivity contribution < 1.29 is 9.90 Å². The predicted octanol–water partition coefficient (Wildman–Crippen LogP) is 0.269. The highest BCUT2D eigenvalue weighted by molar-refractivity contribution is 6.15. The second-order valence-electron chi connectivity index (χ2n) is 5.89. The Hall–Kier alpha value is -0.505. The quantitative estimate of drug-likeness (QED) is 0.627. The Kier molecular flexibility index (Phi) is 3.44. The van der Waals surface area contributed by atoms with Gasteiger partial charge in [-0.2, -0.15) is 0 Å². The van der Waals surface area contributed by atoms with Crippen molar-refractivity contribution >= 4 is 13.8 Å². The first-order valence-corrected chi connectivity index (χ1v) is 4.93. The van der Waals surface area contributed by atoms with E-state index in [-0.39, 0.29) is 5.91 Å². The number of carbonyl (C=O) groups is 1. The van der Waals surface area contributed by atoms with Crippen LogP contribution in [0.2, 0.25) is 0 Å². The van der Waals surface area contributed by atoms with Gasteiger partial charge in [-0.3, -0.25) is 4.79 Å². The third-order valence-corrected chi connectivity index (χ3v) is 2.64. The topological polar surface area (TPSA) is 49.3 Å². The van der Waals surface area contributed by atoms with Gasteiger partial charge < -0.3 is 10.4 Å². The summed E-state index contributed by atoms with van der Waals surface area (Å²) in [4.78, 5) is 11.7. The highest BCUT2D eigenvalue weighted by atomic mass is 16.3. The van der Waals surface area contributed by atoms with Gasteiger partial charge >= 0.3 is 0 Å². The second kappa shape index (κ2) is 3.57. The van der Waals surface area contributed by atoms with Crippen molar-refractivity contribution in [1.29, 1.82) is 0 Å². The lowest BCUT2D eigenvalue weighted by Gasteiger charge is -2.40. The largest absolute Gasteiger partial charge is 0.397 e. The van der Waals surface area contributed by atoms with Crippen molar-refractivity contribution in [3.05, 3.63) is 0 Å². The molecular formula is C10H22BNO2. The van der Waals surface area contributed by atoms with Crippen molar-refractivity contribution in [2.45, 2.75) is 52.6 Å². The van der Waals surface area contributed by atoms with Crippen LogP contribution in [0.15, 0.2) is 0 Å². The first-order valence-electron chi connectivity index (χ1n) is 4.93. The molecule has 0 rings (SSSR count). The summed E-state index contributed by atoms with van der Waals surface area (Å²) in [7, 11) is 1.69. The fourth-order valence-corrected chi connectivity index (χ4v) is 0.624. The van der Waals surface area contributed by atoms with E-state index in [0.717, 1.165) is 0 Å². The summed E-state index contributed by atoms with van der Waals surface area (Å²) < 4.78 is 0. The van der Waals surface area contributed by atoms with Crippen LogP contribution in [0.4, 0.5) is 0 Å². The average molecular weight is 199 g/mol. The maximum atomic E-state index is 11.7. The lowest BCUT2D eigenvalue weighted by molar-refractivity contribution is -0.132. The highest BCUT2D eigenvalue weighted by Crippen LogP contribution is 2.21. The molecule has 14 heavy (non-hydrogen) atoms. The van der Waals surface area contributed by atoms with E-state index in [9.17, 15) is 9.90 Å². The number of hydrogen-bond donors (Lipinski definition) is 2. The molecule has 2 N–H and O–H groups in total. The van der Waals surface area contributed by atoms with Gasteiger partial charge in [0.15, 0.2) is 0 Å². The van der Waals surface area contributed by atoms with Crippen molar-refractivity contribution in [3.8, 4) is 0 Å². The molecular weight excluding hydrogens is 177 g/mol. The molecule has 0 aliphatic heterocycles. The lowest BCUT2D eigenvalue weighted by atomic mass is 9.69. The zero-order valence-corrected chi connectivity index (χ0v) is 10.4. The van der Waals surface area contributed by atoms with E-state index in [2.05, 4.69) is 5.32 Å². The smallest absolute Gasteiger partial charge is 0.225 e. The summed E-state index contributed by atoms with van der Waals surface area (Å²) in [6.45, 7) is 10.9. The van der Waals surface area contributed by atoms with Crippen molar-refractivity contribution in [3.63, 3.8) is 0 Å². The van der Waals surface area contributed by atoms with E-state index in [1.165, 1.54) is 0 Å². The van der Waals surface area contributed by atoms with Gasteiger partial charge in [0.25, 0.3) is 0 Å². The molecule has 0 saturated heterocycles. The molecule has 1 unspecified atom stereocenters. The Bertz CT molecular complexity index is 223. The minimum absolute atomic E-state index is 0.0513. The van der Waals surface area contributed by atoms with Crippen LogP contribution in [0.25, 0.3) is 0 Å². The maximum absolute atomic E-state index is 11.7. The normalized spacial score (nSPS) is 17.4. The average Bonchev–Trinajstić information content (AvgIpc) is 1.80. The SMILES string of the molecule is BC(C)(O)C(C)(C)NC(=O)C(C)(C)C. The number of hydrogen-bond acceptors (Lipinski definition) is 2. The third kappa shape index (κ3) is 3.33. The van der Waals surface area contributed by atoms with Crippen molar-refractivity contribution in [2.24, 2.45) is 5.41 Å². The van der Waals surface area contributed by atoms with E-state index >= 15 is 0 Å². The molecule has 0 aromatic heterocycles. The zero-order chi connectivity index (χ0) is 11.8. The Balaban J connectivity index is 4.62. The molecule has 0 aromatic rings. The van der Waals surface area contributed by atoms with Gasteiger partial charge in [-0.15, -0.1) is 0 Å². The van der Waals surface area contributed by atoms with Crippen molar-refractivity contribution in [1.82, 2.24) is 5.32 Å². The molecule has 0 heterocycles. The molecule has 0 bridgehead atoms. The molecule has 3 nitrogen and oxygen atoms in total. The number of aliphatic hydroxyl groups is 1. The molecule has 0 radical (unpaired) electrons. The van der Waals surface area contributed by atoms with Crippen LogP contribution in [0, 0.1) is 5.41 Å². The van der Waals surface area contributed by atoms with Gasteiger partial charge in [0, 0.05) is 5.41 Å². The van der Waals surface area contributed by atoms with E-state index in [1.807, 2.05) is 34.6 Å². The molecule has 1 atom stereocenters. The Morgan fingerprint density at radius 1 is 1.14 bits per heavy atom. The van der Waals surface area contributed by atoms with Gasteiger partial charge in [0.05, 0.1) is 11.0 Å². The summed E-state index contributed by atoms with van der Waals surface area (Å²) in [5.74, 6) is -0.0513. The molecule has 0 aromatic carbocycles. The van der Waals surface area contributed by atoms with Gasteiger partial charge in [-0.05, 0) is 20.8 Å². The van der Waals surface area contributed by atoms with Gasteiger partial charge in [-0.25, -0.2) is 0 Å². The maximum Gasteiger partial charge on any atom is 0.225 e. The highest BCUT2D eigenvalue weighted by Gasteiger charge is 2.38. The van der Waals surface area contributed by atoms with Crippen LogP contribution in [0.3, 0.4) is 0 Å².